The molecule has 0 heterocycles. The van der Waals surface area contributed by atoms with Crippen molar-refractivity contribution in [2.75, 3.05) is 0 Å². The largest absolute Gasteiger partial charge is 0.481 e. The third-order valence-electron chi connectivity index (χ3n) is 3.18. The number of carboxylic acids is 2. The molecule has 1 atom stereocenters. The number of amides is 1. The molecule has 7 nitrogen and oxygen atoms in total. The van der Waals surface area contributed by atoms with Crippen LogP contribution in [0.15, 0.2) is 0 Å². The second-order valence-electron chi connectivity index (χ2n) is 4.66. The lowest BCUT2D eigenvalue weighted by Gasteiger charge is -2.37. The fraction of sp³-hybridized carbons (Fsp3) is 0.727. The smallest absolute Gasteiger partial charge is 0.326 e. The number of carboxylic acid groups (broad SMARTS) is 2. The molecule has 18 heavy (non-hydrogen) atoms. The first-order valence-electron chi connectivity index (χ1n) is 5.89. The summed E-state index contributed by atoms with van der Waals surface area (Å²) in [5, 5.41) is 19.8. The van der Waals surface area contributed by atoms with Gasteiger partial charge in [-0.25, -0.2) is 4.79 Å². The Bertz CT molecular complexity index is 351. The Morgan fingerprint density at radius 1 is 1.28 bits per heavy atom. The minimum Gasteiger partial charge on any atom is -0.481 e. The van der Waals surface area contributed by atoms with Crippen LogP contribution in [0, 0.1) is 0 Å². The lowest BCUT2D eigenvalue weighted by Crippen LogP contribution is -2.61. The maximum atomic E-state index is 11.7. The van der Waals surface area contributed by atoms with Gasteiger partial charge in [-0.15, -0.1) is 0 Å². The van der Waals surface area contributed by atoms with Gasteiger partial charge in [0.05, 0.1) is 5.54 Å². The summed E-state index contributed by atoms with van der Waals surface area (Å²) in [6, 6.07) is -1.07. The molecule has 0 unspecified atom stereocenters. The SMILES string of the molecule is NC1(C(=O)N[C@H](CCCC(=O)O)C(=O)O)CCC1. The van der Waals surface area contributed by atoms with Crippen molar-refractivity contribution in [2.24, 2.45) is 5.73 Å². The highest BCUT2D eigenvalue weighted by Crippen LogP contribution is 2.29. The van der Waals surface area contributed by atoms with Gasteiger partial charge in [0.25, 0.3) is 0 Å². The molecule has 102 valence electrons. The topological polar surface area (TPSA) is 130 Å². The first kappa shape index (κ1) is 14.4. The molecule has 5 N–H and O–H groups in total. The number of aliphatic carboxylic acids is 2. The summed E-state index contributed by atoms with van der Waals surface area (Å²) in [5.74, 6) is -2.62. The molecule has 0 radical (unpaired) electrons. The predicted molar refractivity (Wildman–Crippen MR) is 61.8 cm³/mol. The van der Waals surface area contributed by atoms with Crippen molar-refractivity contribution in [3.8, 4) is 0 Å². The standard InChI is InChI=1S/C11H18N2O5/c12-11(5-2-6-11)10(18)13-7(9(16)17)3-1-4-8(14)15/h7H,1-6,12H2,(H,13,18)(H,14,15)(H,16,17)/t7-/m1/s1. The van der Waals surface area contributed by atoms with Crippen LogP contribution < -0.4 is 11.1 Å². The van der Waals surface area contributed by atoms with Gasteiger partial charge in [-0.05, 0) is 32.1 Å². The molecule has 1 aliphatic carbocycles. The van der Waals surface area contributed by atoms with Crippen LogP contribution in [0.1, 0.15) is 38.5 Å². The number of nitrogens with one attached hydrogen (secondary N) is 1. The first-order valence-corrected chi connectivity index (χ1v) is 5.89. The van der Waals surface area contributed by atoms with E-state index in [9.17, 15) is 14.4 Å². The molecule has 0 spiro atoms. The van der Waals surface area contributed by atoms with E-state index in [0.29, 0.717) is 12.8 Å². The zero-order chi connectivity index (χ0) is 13.8. The third kappa shape index (κ3) is 3.69. The molecule has 1 amide bonds. The monoisotopic (exact) mass is 258 g/mol. The van der Waals surface area contributed by atoms with Gasteiger partial charge in [-0.1, -0.05) is 0 Å². The van der Waals surface area contributed by atoms with Crippen LogP contribution in [-0.4, -0.2) is 39.6 Å². The van der Waals surface area contributed by atoms with E-state index < -0.39 is 29.4 Å². The second-order valence-corrected chi connectivity index (χ2v) is 4.66. The van der Waals surface area contributed by atoms with Crippen LogP contribution in [0.3, 0.4) is 0 Å². The molecule has 0 aliphatic heterocycles. The molecule has 7 heteroatoms. The van der Waals surface area contributed by atoms with Crippen molar-refractivity contribution in [3.63, 3.8) is 0 Å². The van der Waals surface area contributed by atoms with Gasteiger partial charge >= 0.3 is 11.9 Å². The number of carbonyl (C=O) groups excluding carboxylic acids is 1. The third-order valence-corrected chi connectivity index (χ3v) is 3.18. The van der Waals surface area contributed by atoms with Gasteiger partial charge in [-0.2, -0.15) is 0 Å². The van der Waals surface area contributed by atoms with E-state index in [1.54, 1.807) is 0 Å². The summed E-state index contributed by atoms with van der Waals surface area (Å²) >= 11 is 0. The van der Waals surface area contributed by atoms with Crippen LogP contribution in [0.4, 0.5) is 0 Å². The molecule has 0 saturated heterocycles. The number of rotatable bonds is 7. The lowest BCUT2D eigenvalue weighted by atomic mass is 9.77. The summed E-state index contributed by atoms with van der Waals surface area (Å²) in [6.07, 6.45) is 2.14. The highest BCUT2D eigenvalue weighted by molar-refractivity contribution is 5.90. The quantitative estimate of drug-likeness (QED) is 0.495. The molecule has 0 aromatic rings. The number of nitrogens with two attached hydrogens (primary N) is 1. The summed E-state index contributed by atoms with van der Waals surface area (Å²) in [6.45, 7) is 0. The van der Waals surface area contributed by atoms with Crippen molar-refractivity contribution >= 4 is 17.8 Å². The first-order chi connectivity index (χ1) is 8.35. The van der Waals surface area contributed by atoms with Gasteiger partial charge in [0.1, 0.15) is 6.04 Å². The van der Waals surface area contributed by atoms with Gasteiger partial charge in [0.15, 0.2) is 0 Å². The Morgan fingerprint density at radius 2 is 1.89 bits per heavy atom. The Hall–Kier alpha value is -1.63. The van der Waals surface area contributed by atoms with Crippen molar-refractivity contribution < 1.29 is 24.6 Å². The highest BCUT2D eigenvalue weighted by atomic mass is 16.4. The van der Waals surface area contributed by atoms with Crippen molar-refractivity contribution in [1.29, 1.82) is 0 Å². The minimum atomic E-state index is -1.17. The normalized spacial score (nSPS) is 18.5. The molecule has 1 saturated carbocycles. The van der Waals surface area contributed by atoms with Gasteiger partial charge in [0.2, 0.25) is 5.91 Å². The molecular formula is C11H18N2O5. The molecule has 0 aromatic heterocycles. The number of hydrogen-bond acceptors (Lipinski definition) is 4. The molecule has 1 aliphatic rings. The maximum absolute atomic E-state index is 11.7. The minimum absolute atomic E-state index is 0.0868. The predicted octanol–water partition coefficient (Wildman–Crippen LogP) is -0.308. The fourth-order valence-electron chi connectivity index (χ4n) is 1.80. The number of carbonyl (C=O) groups is 3. The van der Waals surface area contributed by atoms with E-state index in [1.165, 1.54) is 0 Å². The fourth-order valence-corrected chi connectivity index (χ4v) is 1.80. The molecule has 0 aromatic carbocycles. The van der Waals surface area contributed by atoms with E-state index in [0.717, 1.165) is 6.42 Å². The van der Waals surface area contributed by atoms with Crippen molar-refractivity contribution in [2.45, 2.75) is 50.1 Å². The average molecular weight is 258 g/mol. The van der Waals surface area contributed by atoms with Gasteiger partial charge < -0.3 is 21.3 Å². The zero-order valence-corrected chi connectivity index (χ0v) is 10.0. The Balaban J connectivity index is 2.44. The molecule has 1 rings (SSSR count). The van der Waals surface area contributed by atoms with Gasteiger partial charge in [-0.3, -0.25) is 9.59 Å². The van der Waals surface area contributed by atoms with E-state index in [4.69, 9.17) is 15.9 Å². The summed E-state index contributed by atoms with van der Waals surface area (Å²) < 4.78 is 0. The Morgan fingerprint density at radius 3 is 2.28 bits per heavy atom. The number of hydrogen-bond donors (Lipinski definition) is 4. The summed E-state index contributed by atoms with van der Waals surface area (Å²) in [5.41, 5.74) is 4.83. The van der Waals surface area contributed by atoms with Crippen LogP contribution in [0.25, 0.3) is 0 Å². The van der Waals surface area contributed by atoms with Crippen LogP contribution in [0.2, 0.25) is 0 Å². The second kappa shape index (κ2) is 5.81. The molecule has 1 fully saturated rings. The average Bonchev–Trinajstić information content (AvgIpc) is 2.23. The van der Waals surface area contributed by atoms with Crippen molar-refractivity contribution in [1.82, 2.24) is 5.32 Å². The summed E-state index contributed by atoms with van der Waals surface area (Å²) in [4.78, 5) is 33.0. The molecule has 0 bridgehead atoms. The zero-order valence-electron chi connectivity index (χ0n) is 10.0. The lowest BCUT2D eigenvalue weighted by molar-refractivity contribution is -0.144. The van der Waals surface area contributed by atoms with E-state index in [2.05, 4.69) is 5.32 Å². The van der Waals surface area contributed by atoms with E-state index in [1.807, 2.05) is 0 Å². The van der Waals surface area contributed by atoms with E-state index in [-0.39, 0.29) is 19.3 Å². The van der Waals surface area contributed by atoms with Gasteiger partial charge in [0, 0.05) is 6.42 Å². The highest BCUT2D eigenvalue weighted by Gasteiger charge is 2.41. The summed E-state index contributed by atoms with van der Waals surface area (Å²) in [7, 11) is 0. The van der Waals surface area contributed by atoms with Crippen molar-refractivity contribution in [3.05, 3.63) is 0 Å². The Kier molecular flexibility index (Phi) is 4.66. The van der Waals surface area contributed by atoms with Crippen LogP contribution >= 0.6 is 0 Å². The van der Waals surface area contributed by atoms with E-state index >= 15 is 0 Å². The molecular weight excluding hydrogens is 240 g/mol. The van der Waals surface area contributed by atoms with Crippen LogP contribution in [0.5, 0.6) is 0 Å². The maximum Gasteiger partial charge on any atom is 0.326 e. The van der Waals surface area contributed by atoms with Crippen LogP contribution in [-0.2, 0) is 14.4 Å². The Labute approximate surface area is 104 Å².